The van der Waals surface area contributed by atoms with Gasteiger partial charge in [0.15, 0.2) is 0 Å². The second kappa shape index (κ2) is 11.9. The molecular formula is C20H30N2O6. The standard InChI is InChI=1S/C20H30N2O6/c1-5-11-27-19(25)9-7-17(23)21-13-16(4)22(14-15(21)3)18(24)8-10-20(26)28-12-6-2/h7-10,15-16H,5-6,11-14H2,1-4H3. The van der Waals surface area contributed by atoms with Gasteiger partial charge in [-0.3, -0.25) is 9.59 Å². The van der Waals surface area contributed by atoms with Crippen molar-refractivity contribution in [3.63, 3.8) is 0 Å². The Kier molecular flexibility index (Phi) is 9.98. The number of hydrogen-bond acceptors (Lipinski definition) is 6. The molecule has 0 aromatic heterocycles. The molecule has 1 aliphatic heterocycles. The van der Waals surface area contributed by atoms with E-state index in [-0.39, 0.29) is 23.9 Å². The number of carbonyl (C=O) groups is 4. The van der Waals surface area contributed by atoms with Crippen molar-refractivity contribution in [1.82, 2.24) is 9.80 Å². The van der Waals surface area contributed by atoms with Crippen LogP contribution in [0.3, 0.4) is 0 Å². The normalized spacial score (nSPS) is 19.9. The Bertz CT molecular complexity index is 574. The Balaban J connectivity index is 2.63. The van der Waals surface area contributed by atoms with Gasteiger partial charge in [0.05, 0.1) is 13.2 Å². The predicted molar refractivity (Wildman–Crippen MR) is 103 cm³/mol. The van der Waals surface area contributed by atoms with Crippen molar-refractivity contribution in [2.45, 2.75) is 52.6 Å². The first-order valence-electron chi connectivity index (χ1n) is 9.60. The molecule has 1 fully saturated rings. The van der Waals surface area contributed by atoms with Crippen molar-refractivity contribution in [2.75, 3.05) is 26.3 Å². The Morgan fingerprint density at radius 1 is 0.750 bits per heavy atom. The molecule has 1 aliphatic rings. The molecule has 8 nitrogen and oxygen atoms in total. The summed E-state index contributed by atoms with van der Waals surface area (Å²) in [4.78, 5) is 51.0. The number of ether oxygens (including phenoxy) is 2. The van der Waals surface area contributed by atoms with Crippen LogP contribution in [0, 0.1) is 0 Å². The van der Waals surface area contributed by atoms with E-state index >= 15 is 0 Å². The first-order chi connectivity index (χ1) is 13.3. The molecule has 2 amide bonds. The summed E-state index contributed by atoms with van der Waals surface area (Å²) in [5, 5.41) is 0. The van der Waals surface area contributed by atoms with Gasteiger partial charge in [-0.25, -0.2) is 9.59 Å². The Morgan fingerprint density at radius 2 is 1.11 bits per heavy atom. The van der Waals surface area contributed by atoms with Gasteiger partial charge in [-0.2, -0.15) is 0 Å². The fourth-order valence-electron chi connectivity index (χ4n) is 2.71. The van der Waals surface area contributed by atoms with E-state index in [0.29, 0.717) is 39.1 Å². The lowest BCUT2D eigenvalue weighted by Gasteiger charge is -2.43. The van der Waals surface area contributed by atoms with Gasteiger partial charge in [-0.05, 0) is 26.7 Å². The molecule has 1 saturated heterocycles. The number of rotatable bonds is 8. The third-order valence-corrected chi connectivity index (χ3v) is 4.17. The molecule has 0 saturated carbocycles. The minimum atomic E-state index is -0.551. The lowest BCUT2D eigenvalue weighted by molar-refractivity contribution is -0.141. The van der Waals surface area contributed by atoms with Crippen LogP contribution in [-0.2, 0) is 28.7 Å². The van der Waals surface area contributed by atoms with Crippen molar-refractivity contribution in [3.8, 4) is 0 Å². The zero-order valence-electron chi connectivity index (χ0n) is 17.1. The SMILES string of the molecule is CCCOC(=O)C=CC(=O)N1CC(C)N(C(=O)C=CC(=O)OCCC)CC1C. The van der Waals surface area contributed by atoms with E-state index in [4.69, 9.17) is 9.47 Å². The van der Waals surface area contributed by atoms with E-state index in [1.165, 1.54) is 12.2 Å². The molecule has 0 spiro atoms. The summed E-state index contributed by atoms with van der Waals surface area (Å²) in [5.74, 6) is -1.72. The zero-order valence-corrected chi connectivity index (χ0v) is 17.1. The van der Waals surface area contributed by atoms with Gasteiger partial charge in [0.25, 0.3) is 0 Å². The van der Waals surface area contributed by atoms with Crippen LogP contribution in [0.2, 0.25) is 0 Å². The summed E-state index contributed by atoms with van der Waals surface area (Å²) in [5.41, 5.74) is 0. The van der Waals surface area contributed by atoms with Crippen LogP contribution < -0.4 is 0 Å². The van der Waals surface area contributed by atoms with Gasteiger partial charge in [0.1, 0.15) is 0 Å². The summed E-state index contributed by atoms with van der Waals surface area (Å²) in [6, 6.07) is -0.464. The van der Waals surface area contributed by atoms with Crippen molar-refractivity contribution in [1.29, 1.82) is 0 Å². The van der Waals surface area contributed by atoms with E-state index in [0.717, 1.165) is 12.2 Å². The average molecular weight is 394 g/mol. The van der Waals surface area contributed by atoms with Crippen molar-refractivity contribution in [2.24, 2.45) is 0 Å². The molecule has 8 heteroatoms. The summed E-state index contributed by atoms with van der Waals surface area (Å²) in [7, 11) is 0. The molecule has 1 heterocycles. The maximum atomic E-state index is 12.4. The third-order valence-electron chi connectivity index (χ3n) is 4.17. The van der Waals surface area contributed by atoms with E-state index in [1.807, 2.05) is 27.7 Å². The third kappa shape index (κ3) is 7.54. The lowest BCUT2D eigenvalue weighted by Crippen LogP contribution is -2.59. The number of nitrogens with zero attached hydrogens (tertiary/aromatic N) is 2. The lowest BCUT2D eigenvalue weighted by atomic mass is 10.1. The molecule has 28 heavy (non-hydrogen) atoms. The highest BCUT2D eigenvalue weighted by atomic mass is 16.5. The Hall–Kier alpha value is -2.64. The molecule has 2 unspecified atom stereocenters. The molecule has 1 rings (SSSR count). The number of piperazine rings is 1. The summed E-state index contributed by atoms with van der Waals surface area (Å²) in [6.07, 6.45) is 6.06. The van der Waals surface area contributed by atoms with Gasteiger partial charge >= 0.3 is 11.9 Å². The highest BCUT2D eigenvalue weighted by Gasteiger charge is 2.33. The van der Waals surface area contributed by atoms with Crippen LogP contribution in [0.25, 0.3) is 0 Å². The van der Waals surface area contributed by atoms with Gasteiger partial charge in [0, 0.05) is 49.5 Å². The number of amides is 2. The van der Waals surface area contributed by atoms with Gasteiger partial charge in [-0.1, -0.05) is 13.8 Å². The summed E-state index contributed by atoms with van der Waals surface area (Å²) >= 11 is 0. The van der Waals surface area contributed by atoms with Crippen LogP contribution in [0.15, 0.2) is 24.3 Å². The van der Waals surface area contributed by atoms with E-state index in [9.17, 15) is 19.2 Å². The monoisotopic (exact) mass is 394 g/mol. The first-order valence-corrected chi connectivity index (χ1v) is 9.60. The fourth-order valence-corrected chi connectivity index (χ4v) is 2.71. The Labute approximate surface area is 166 Å². The summed E-state index contributed by atoms with van der Waals surface area (Å²) < 4.78 is 9.80. The maximum absolute atomic E-state index is 12.4. The molecule has 156 valence electrons. The first kappa shape index (κ1) is 23.4. The second-order valence-electron chi connectivity index (χ2n) is 6.68. The summed E-state index contributed by atoms with van der Waals surface area (Å²) in [6.45, 7) is 8.70. The van der Waals surface area contributed by atoms with Gasteiger partial charge in [0.2, 0.25) is 11.8 Å². The van der Waals surface area contributed by atoms with E-state index in [2.05, 4.69) is 0 Å². The molecule has 0 aromatic rings. The van der Waals surface area contributed by atoms with E-state index < -0.39 is 11.9 Å². The largest absolute Gasteiger partial charge is 0.463 e. The molecular weight excluding hydrogens is 364 g/mol. The van der Waals surface area contributed by atoms with Crippen molar-refractivity contribution < 1.29 is 28.7 Å². The number of hydrogen-bond donors (Lipinski definition) is 0. The minimum Gasteiger partial charge on any atom is -0.463 e. The highest BCUT2D eigenvalue weighted by molar-refractivity contribution is 5.96. The van der Waals surface area contributed by atoms with Crippen LogP contribution in [0.5, 0.6) is 0 Å². The zero-order chi connectivity index (χ0) is 21.1. The second-order valence-corrected chi connectivity index (χ2v) is 6.68. The van der Waals surface area contributed by atoms with Crippen LogP contribution in [-0.4, -0.2) is 71.9 Å². The molecule has 0 bridgehead atoms. The van der Waals surface area contributed by atoms with Gasteiger partial charge in [-0.15, -0.1) is 0 Å². The quantitative estimate of drug-likeness (QED) is 0.457. The minimum absolute atomic E-state index is 0.232. The van der Waals surface area contributed by atoms with Crippen molar-refractivity contribution in [3.05, 3.63) is 24.3 Å². The maximum Gasteiger partial charge on any atom is 0.330 e. The van der Waals surface area contributed by atoms with Crippen LogP contribution >= 0.6 is 0 Å². The van der Waals surface area contributed by atoms with Crippen LogP contribution in [0.1, 0.15) is 40.5 Å². The van der Waals surface area contributed by atoms with Gasteiger partial charge < -0.3 is 19.3 Å². The number of esters is 2. The van der Waals surface area contributed by atoms with E-state index in [1.54, 1.807) is 9.80 Å². The molecule has 0 aliphatic carbocycles. The highest BCUT2D eigenvalue weighted by Crippen LogP contribution is 2.16. The number of carbonyl (C=O) groups excluding carboxylic acids is 4. The molecule has 2 atom stereocenters. The van der Waals surface area contributed by atoms with Crippen LogP contribution in [0.4, 0.5) is 0 Å². The predicted octanol–water partition coefficient (Wildman–Crippen LogP) is 1.45. The molecule has 0 N–H and O–H groups in total. The molecule has 0 aromatic carbocycles. The Morgan fingerprint density at radius 3 is 1.43 bits per heavy atom. The van der Waals surface area contributed by atoms with Crippen molar-refractivity contribution >= 4 is 23.8 Å². The smallest absolute Gasteiger partial charge is 0.330 e. The average Bonchev–Trinajstić information content (AvgIpc) is 2.68. The fraction of sp³-hybridized carbons (Fsp3) is 0.600. The topological polar surface area (TPSA) is 93.2 Å². The molecule has 0 radical (unpaired) electrons.